The minimum atomic E-state index is -3.30. The molecular formula is C19H24ClNO5S. The predicted molar refractivity (Wildman–Crippen MR) is 105 cm³/mol. The van der Waals surface area contributed by atoms with Crippen LogP contribution in [0.25, 0.3) is 0 Å². The molecule has 0 saturated heterocycles. The fraction of sp³-hybridized carbons (Fsp3) is 0.421. The third-order valence-corrected chi connectivity index (χ3v) is 6.34. The normalized spacial score (nSPS) is 11.8. The van der Waals surface area contributed by atoms with Crippen LogP contribution < -0.4 is 0 Å². The van der Waals surface area contributed by atoms with Crippen molar-refractivity contribution in [3.63, 3.8) is 0 Å². The van der Waals surface area contributed by atoms with Crippen molar-refractivity contribution in [2.75, 3.05) is 18.8 Å². The van der Waals surface area contributed by atoms with Gasteiger partial charge in [0, 0.05) is 24.5 Å². The smallest absolute Gasteiger partial charge is 0.371 e. The molecule has 0 spiro atoms. The molecule has 0 unspecified atom stereocenters. The van der Waals surface area contributed by atoms with Crippen molar-refractivity contribution in [3.05, 3.63) is 58.5 Å². The molecule has 1 aromatic carbocycles. The molecule has 0 aliphatic carbocycles. The average molecular weight is 414 g/mol. The van der Waals surface area contributed by atoms with E-state index < -0.39 is 16.0 Å². The maximum absolute atomic E-state index is 12.3. The third-order valence-electron chi connectivity index (χ3n) is 4.22. The summed E-state index contributed by atoms with van der Waals surface area (Å²) in [4.78, 5) is 10.8. The molecule has 1 aromatic heterocycles. The molecule has 0 fully saturated rings. The van der Waals surface area contributed by atoms with Crippen molar-refractivity contribution >= 4 is 27.6 Å². The van der Waals surface area contributed by atoms with Crippen LogP contribution in [0, 0.1) is 0 Å². The number of sulfonamides is 1. The summed E-state index contributed by atoms with van der Waals surface area (Å²) in [6, 6.07) is 10.6. The predicted octanol–water partition coefficient (Wildman–Crippen LogP) is 3.85. The summed E-state index contributed by atoms with van der Waals surface area (Å²) in [6.45, 7) is 2.43. The second-order valence-corrected chi connectivity index (χ2v) is 8.90. The summed E-state index contributed by atoms with van der Waals surface area (Å²) in [5, 5.41) is 9.54. The maximum atomic E-state index is 12.3. The Kier molecular flexibility index (Phi) is 7.89. The van der Waals surface area contributed by atoms with Crippen LogP contribution in [0.1, 0.15) is 41.6 Å². The third kappa shape index (κ3) is 6.68. The lowest BCUT2D eigenvalue weighted by atomic mass is 10.1. The van der Waals surface area contributed by atoms with E-state index in [0.717, 1.165) is 12.0 Å². The van der Waals surface area contributed by atoms with Gasteiger partial charge in [-0.1, -0.05) is 23.7 Å². The van der Waals surface area contributed by atoms with E-state index in [1.54, 1.807) is 13.0 Å². The molecule has 148 valence electrons. The van der Waals surface area contributed by atoms with Crippen LogP contribution in [0.2, 0.25) is 5.02 Å². The van der Waals surface area contributed by atoms with Crippen LogP contribution in [0.3, 0.4) is 0 Å². The number of hydrogen-bond donors (Lipinski definition) is 1. The maximum Gasteiger partial charge on any atom is 0.371 e. The number of halogens is 1. The number of aryl methyl sites for hydroxylation is 2. The van der Waals surface area contributed by atoms with Gasteiger partial charge in [-0.25, -0.2) is 17.5 Å². The number of furan rings is 1. The number of carboxylic acids is 1. The van der Waals surface area contributed by atoms with E-state index in [-0.39, 0.29) is 11.5 Å². The Balaban J connectivity index is 1.88. The molecule has 0 radical (unpaired) electrons. The highest BCUT2D eigenvalue weighted by Gasteiger charge is 2.19. The second-order valence-electron chi connectivity index (χ2n) is 6.21. The second kappa shape index (κ2) is 9.92. The van der Waals surface area contributed by atoms with Crippen LogP contribution >= 0.6 is 11.6 Å². The lowest BCUT2D eigenvalue weighted by Crippen LogP contribution is -2.34. The monoisotopic (exact) mass is 413 g/mol. The molecule has 6 nitrogen and oxygen atoms in total. The zero-order valence-corrected chi connectivity index (χ0v) is 16.8. The van der Waals surface area contributed by atoms with Crippen molar-refractivity contribution in [2.45, 2.75) is 32.6 Å². The molecule has 2 rings (SSSR count). The molecule has 1 heterocycles. The lowest BCUT2D eigenvalue weighted by Gasteiger charge is -2.21. The van der Waals surface area contributed by atoms with E-state index in [1.165, 1.54) is 10.4 Å². The van der Waals surface area contributed by atoms with Gasteiger partial charge in [0.15, 0.2) is 0 Å². The van der Waals surface area contributed by atoms with E-state index >= 15 is 0 Å². The van der Waals surface area contributed by atoms with E-state index in [0.29, 0.717) is 43.1 Å². The summed E-state index contributed by atoms with van der Waals surface area (Å²) in [6.07, 6.45) is 2.49. The molecule has 0 aliphatic rings. The van der Waals surface area contributed by atoms with Crippen LogP contribution in [0.5, 0.6) is 0 Å². The first-order valence-corrected chi connectivity index (χ1v) is 10.8. The van der Waals surface area contributed by atoms with Crippen LogP contribution in [-0.4, -0.2) is 42.6 Å². The highest BCUT2D eigenvalue weighted by molar-refractivity contribution is 7.89. The van der Waals surface area contributed by atoms with Gasteiger partial charge in [0.05, 0.1) is 5.75 Å². The van der Waals surface area contributed by atoms with Gasteiger partial charge < -0.3 is 9.52 Å². The number of carboxylic acid groups (broad SMARTS) is 1. The zero-order chi connectivity index (χ0) is 19.9. The van der Waals surface area contributed by atoms with Crippen LogP contribution in [0.4, 0.5) is 0 Å². The Hall–Kier alpha value is -1.83. The van der Waals surface area contributed by atoms with Gasteiger partial charge in [0.2, 0.25) is 15.8 Å². The average Bonchev–Trinajstić information content (AvgIpc) is 3.09. The van der Waals surface area contributed by atoms with E-state index in [9.17, 15) is 13.2 Å². The van der Waals surface area contributed by atoms with Gasteiger partial charge in [-0.3, -0.25) is 0 Å². The Morgan fingerprint density at radius 2 is 1.85 bits per heavy atom. The first-order valence-electron chi connectivity index (χ1n) is 8.86. The van der Waals surface area contributed by atoms with E-state index in [4.69, 9.17) is 21.1 Å². The van der Waals surface area contributed by atoms with Gasteiger partial charge in [-0.05, 0) is 56.0 Å². The first-order chi connectivity index (χ1) is 12.8. The van der Waals surface area contributed by atoms with Crippen molar-refractivity contribution in [2.24, 2.45) is 0 Å². The fourth-order valence-corrected chi connectivity index (χ4v) is 4.17. The van der Waals surface area contributed by atoms with Gasteiger partial charge in [-0.2, -0.15) is 0 Å². The van der Waals surface area contributed by atoms with Crippen LogP contribution in [-0.2, 0) is 22.9 Å². The highest BCUT2D eigenvalue weighted by Crippen LogP contribution is 2.15. The van der Waals surface area contributed by atoms with Crippen molar-refractivity contribution in [3.8, 4) is 0 Å². The largest absolute Gasteiger partial charge is 0.475 e. The molecule has 0 amide bonds. The number of nitrogens with zero attached hydrogens (tertiary/aromatic N) is 1. The number of hydrogen-bond acceptors (Lipinski definition) is 4. The molecule has 1 N–H and O–H groups in total. The summed E-state index contributed by atoms with van der Waals surface area (Å²) in [5.41, 5.74) is 1.08. The van der Waals surface area contributed by atoms with Crippen LogP contribution in [0.15, 0.2) is 40.8 Å². The number of rotatable bonds is 11. The highest BCUT2D eigenvalue weighted by atomic mass is 35.5. The molecular weight excluding hydrogens is 390 g/mol. The zero-order valence-electron chi connectivity index (χ0n) is 15.2. The summed E-state index contributed by atoms with van der Waals surface area (Å²) in [7, 11) is -3.30. The molecule has 2 aromatic rings. The van der Waals surface area contributed by atoms with E-state index in [2.05, 4.69) is 0 Å². The molecule has 27 heavy (non-hydrogen) atoms. The molecule has 0 aliphatic heterocycles. The Morgan fingerprint density at radius 1 is 1.15 bits per heavy atom. The minimum Gasteiger partial charge on any atom is -0.475 e. The fourth-order valence-electron chi connectivity index (χ4n) is 2.78. The Labute approximate surface area is 164 Å². The number of aromatic carboxylic acids is 1. The first kappa shape index (κ1) is 21.5. The van der Waals surface area contributed by atoms with Gasteiger partial charge in [0.1, 0.15) is 5.76 Å². The standard InChI is InChI=1S/C19H24ClNO5S/c1-2-27(24,25)21(12-4-7-15-6-3-8-16(20)14-15)13-5-9-17-10-11-18(26-17)19(22)23/h3,6,8,10-11,14H,2,4-5,7,9,12-13H2,1H3,(H,22,23). The lowest BCUT2D eigenvalue weighted by molar-refractivity contribution is 0.0660. The molecule has 0 saturated carbocycles. The van der Waals surface area contributed by atoms with Gasteiger partial charge in [0.25, 0.3) is 0 Å². The Bertz CT molecular complexity index is 862. The van der Waals surface area contributed by atoms with E-state index in [1.807, 2.05) is 24.3 Å². The topological polar surface area (TPSA) is 87.8 Å². The van der Waals surface area contributed by atoms with Gasteiger partial charge in [-0.15, -0.1) is 0 Å². The van der Waals surface area contributed by atoms with Gasteiger partial charge >= 0.3 is 5.97 Å². The molecule has 0 bridgehead atoms. The minimum absolute atomic E-state index is 0.0497. The summed E-state index contributed by atoms with van der Waals surface area (Å²) < 4.78 is 31.4. The quantitative estimate of drug-likeness (QED) is 0.604. The Morgan fingerprint density at radius 3 is 2.44 bits per heavy atom. The van der Waals surface area contributed by atoms with Crippen molar-refractivity contribution < 1.29 is 22.7 Å². The summed E-state index contributed by atoms with van der Waals surface area (Å²) >= 11 is 5.98. The molecule has 0 atom stereocenters. The molecule has 8 heteroatoms. The number of carbonyl (C=O) groups is 1. The number of benzene rings is 1. The SMILES string of the molecule is CCS(=O)(=O)N(CCCc1cccc(Cl)c1)CCCc1ccc(C(=O)O)o1. The van der Waals surface area contributed by atoms with Crippen molar-refractivity contribution in [1.82, 2.24) is 4.31 Å². The summed E-state index contributed by atoms with van der Waals surface area (Å²) in [5.74, 6) is -0.629. The van der Waals surface area contributed by atoms with Crippen molar-refractivity contribution in [1.29, 1.82) is 0 Å².